The molecule has 0 aliphatic carbocycles. The Morgan fingerprint density at radius 1 is 0.978 bits per heavy atom. The molecular formula is C38H43N3O5. The van der Waals surface area contributed by atoms with Gasteiger partial charge in [0, 0.05) is 50.1 Å². The molecule has 0 saturated carbocycles. The number of nitrogens with one attached hydrogen (secondary N) is 1. The van der Waals surface area contributed by atoms with Crippen LogP contribution in [0.3, 0.4) is 0 Å². The van der Waals surface area contributed by atoms with Crippen LogP contribution < -0.4 is 5.32 Å². The third-order valence-corrected chi connectivity index (χ3v) is 9.19. The van der Waals surface area contributed by atoms with Crippen molar-refractivity contribution in [2.45, 2.75) is 57.5 Å². The van der Waals surface area contributed by atoms with Crippen molar-refractivity contribution >= 4 is 5.91 Å². The molecule has 8 heteroatoms. The first-order valence-corrected chi connectivity index (χ1v) is 16.1. The number of hydrogen-bond donors (Lipinski definition) is 2. The largest absolute Gasteiger partial charge is 0.392 e. The summed E-state index contributed by atoms with van der Waals surface area (Å²) in [5, 5.41) is 12.6. The summed E-state index contributed by atoms with van der Waals surface area (Å²) in [5.74, 6) is -0.0410. The first-order chi connectivity index (χ1) is 22.5. The molecule has 5 atom stereocenters. The summed E-state index contributed by atoms with van der Waals surface area (Å²) in [6, 6.07) is 28.5. The van der Waals surface area contributed by atoms with E-state index < -0.39 is 6.29 Å². The standard InChI is InChI=1S/C38H43N3O5/c1-26-35(23-41-18-6-12-34(41)25-44-2)45-38(46-36(26)29-15-13-27(24-42)14-16-29)32-10-4-9-31(20-32)30-8-3-7-28(19-30)21-40-37(43)33-11-5-17-39-22-33/h3-5,7-11,13-17,19-20,22,26,34-36,38,42H,6,12,18,21,23-25H2,1-2H3,(H,40,43)/t26-,34+,35+,36+,38+/m1/s1. The number of benzene rings is 3. The predicted octanol–water partition coefficient (Wildman–Crippen LogP) is 6.07. The van der Waals surface area contributed by atoms with Crippen LogP contribution in [-0.2, 0) is 27.4 Å². The van der Waals surface area contributed by atoms with Gasteiger partial charge in [0.15, 0.2) is 6.29 Å². The van der Waals surface area contributed by atoms with E-state index in [9.17, 15) is 9.90 Å². The number of aromatic nitrogens is 1. The number of methoxy groups -OCH3 is 1. The number of pyridine rings is 1. The van der Waals surface area contributed by atoms with Gasteiger partial charge < -0.3 is 24.6 Å². The molecular weight excluding hydrogens is 578 g/mol. The maximum atomic E-state index is 12.6. The number of amides is 1. The summed E-state index contributed by atoms with van der Waals surface area (Å²) >= 11 is 0. The molecule has 4 aromatic rings. The third-order valence-electron chi connectivity index (χ3n) is 9.19. The van der Waals surface area contributed by atoms with Crippen molar-refractivity contribution in [3.8, 4) is 11.1 Å². The summed E-state index contributed by atoms with van der Waals surface area (Å²) < 4.78 is 19.1. The maximum Gasteiger partial charge on any atom is 0.253 e. The Kier molecular flexibility index (Phi) is 10.5. The van der Waals surface area contributed by atoms with Crippen LogP contribution in [0, 0.1) is 5.92 Å². The Morgan fingerprint density at radius 2 is 1.78 bits per heavy atom. The van der Waals surface area contributed by atoms with Crippen molar-refractivity contribution in [3.63, 3.8) is 0 Å². The fourth-order valence-electron chi connectivity index (χ4n) is 6.58. The van der Waals surface area contributed by atoms with Gasteiger partial charge >= 0.3 is 0 Å². The van der Waals surface area contributed by atoms with Crippen LogP contribution in [0.25, 0.3) is 11.1 Å². The summed E-state index contributed by atoms with van der Waals surface area (Å²) in [4.78, 5) is 19.1. The number of carbonyl (C=O) groups excluding carboxylic acids is 1. The van der Waals surface area contributed by atoms with Crippen LogP contribution in [0.4, 0.5) is 0 Å². The maximum absolute atomic E-state index is 12.6. The molecule has 1 amide bonds. The van der Waals surface area contributed by atoms with Crippen LogP contribution >= 0.6 is 0 Å². The van der Waals surface area contributed by atoms with E-state index in [0.29, 0.717) is 18.2 Å². The number of ether oxygens (including phenoxy) is 3. The highest BCUT2D eigenvalue weighted by atomic mass is 16.7. The van der Waals surface area contributed by atoms with Crippen LogP contribution in [0.5, 0.6) is 0 Å². The molecule has 0 unspecified atom stereocenters. The Bertz CT molecular complexity index is 1580. The number of hydrogen-bond acceptors (Lipinski definition) is 7. The first-order valence-electron chi connectivity index (χ1n) is 16.1. The van der Waals surface area contributed by atoms with Gasteiger partial charge in [0.1, 0.15) is 0 Å². The highest BCUT2D eigenvalue weighted by Gasteiger charge is 2.40. The van der Waals surface area contributed by atoms with E-state index >= 15 is 0 Å². The molecule has 46 heavy (non-hydrogen) atoms. The Balaban J connectivity index is 1.23. The molecule has 2 fully saturated rings. The molecule has 0 radical (unpaired) electrons. The van der Waals surface area contributed by atoms with Gasteiger partial charge in [-0.2, -0.15) is 0 Å². The van der Waals surface area contributed by atoms with E-state index in [0.717, 1.165) is 65.9 Å². The van der Waals surface area contributed by atoms with Gasteiger partial charge in [-0.15, -0.1) is 0 Å². The van der Waals surface area contributed by atoms with Gasteiger partial charge in [0.2, 0.25) is 0 Å². The second-order valence-corrected chi connectivity index (χ2v) is 12.3. The zero-order valence-electron chi connectivity index (χ0n) is 26.5. The van der Waals surface area contributed by atoms with E-state index in [2.05, 4.69) is 64.6 Å². The normalized spacial score (nSPS) is 23.3. The molecule has 3 heterocycles. The van der Waals surface area contributed by atoms with Gasteiger partial charge in [-0.05, 0) is 71.5 Å². The van der Waals surface area contributed by atoms with Crippen molar-refractivity contribution in [3.05, 3.63) is 125 Å². The molecule has 240 valence electrons. The van der Waals surface area contributed by atoms with E-state index in [1.54, 1.807) is 31.6 Å². The van der Waals surface area contributed by atoms with Crippen molar-refractivity contribution in [1.82, 2.24) is 15.2 Å². The lowest BCUT2D eigenvalue weighted by atomic mass is 9.89. The van der Waals surface area contributed by atoms with E-state index in [1.165, 1.54) is 0 Å². The van der Waals surface area contributed by atoms with Crippen LogP contribution in [0.2, 0.25) is 0 Å². The Labute approximate surface area is 271 Å². The highest BCUT2D eigenvalue weighted by Crippen LogP contribution is 2.43. The van der Waals surface area contributed by atoms with Gasteiger partial charge in [0.25, 0.3) is 5.91 Å². The fourth-order valence-corrected chi connectivity index (χ4v) is 6.58. The van der Waals surface area contributed by atoms with Crippen molar-refractivity contribution < 1.29 is 24.1 Å². The fraction of sp³-hybridized carbons (Fsp3) is 0.368. The number of rotatable bonds is 11. The molecule has 0 spiro atoms. The SMILES string of the molecule is COC[C@@H]1CCCN1C[C@@H]1O[C@H](c2cccc(-c3cccc(CNC(=O)c4cccnc4)c3)c2)O[C@H](c2ccc(CO)cc2)[C@@H]1C. The molecule has 8 nitrogen and oxygen atoms in total. The monoisotopic (exact) mass is 621 g/mol. The molecule has 1 aromatic heterocycles. The van der Waals surface area contributed by atoms with Crippen LogP contribution in [0.1, 0.15) is 64.8 Å². The second-order valence-electron chi connectivity index (χ2n) is 12.3. The zero-order valence-corrected chi connectivity index (χ0v) is 26.5. The summed E-state index contributed by atoms with van der Waals surface area (Å²) in [7, 11) is 1.77. The topological polar surface area (TPSA) is 93.2 Å². The molecule has 0 bridgehead atoms. The highest BCUT2D eigenvalue weighted by molar-refractivity contribution is 5.93. The lowest BCUT2D eigenvalue weighted by Gasteiger charge is -2.43. The van der Waals surface area contributed by atoms with Gasteiger partial charge in [-0.25, -0.2) is 0 Å². The van der Waals surface area contributed by atoms with Gasteiger partial charge in [-0.1, -0.05) is 67.6 Å². The summed E-state index contributed by atoms with van der Waals surface area (Å²) in [6.07, 6.45) is 4.75. The third kappa shape index (κ3) is 7.54. The number of nitrogens with zero attached hydrogens (tertiary/aromatic N) is 2. The molecule has 6 rings (SSSR count). The lowest BCUT2D eigenvalue weighted by Crippen LogP contribution is -2.46. The Hall–Kier alpha value is -3.92. The quantitative estimate of drug-likeness (QED) is 0.210. The molecule has 2 saturated heterocycles. The molecule has 3 aromatic carbocycles. The van der Waals surface area contributed by atoms with Gasteiger partial charge in [-0.3, -0.25) is 14.7 Å². The summed E-state index contributed by atoms with van der Waals surface area (Å²) in [5.41, 5.74) is 6.54. The number of aliphatic hydroxyl groups is 1. The number of likely N-dealkylation sites (tertiary alicyclic amines) is 1. The Morgan fingerprint density at radius 3 is 2.54 bits per heavy atom. The number of aliphatic hydroxyl groups excluding tert-OH is 1. The van der Waals surface area contributed by atoms with Gasteiger partial charge in [0.05, 0.1) is 31.0 Å². The zero-order chi connectivity index (χ0) is 31.9. The summed E-state index contributed by atoms with van der Waals surface area (Å²) in [6.45, 7) is 5.20. The minimum absolute atomic E-state index is 0.0104. The predicted molar refractivity (Wildman–Crippen MR) is 177 cm³/mol. The van der Waals surface area contributed by atoms with Crippen LogP contribution in [0.15, 0.2) is 97.3 Å². The first kappa shape index (κ1) is 32.0. The smallest absolute Gasteiger partial charge is 0.253 e. The van der Waals surface area contributed by atoms with Crippen molar-refractivity contribution in [1.29, 1.82) is 0 Å². The van der Waals surface area contributed by atoms with Crippen molar-refractivity contribution in [2.75, 3.05) is 26.8 Å². The van der Waals surface area contributed by atoms with E-state index in [-0.39, 0.29) is 30.6 Å². The second kappa shape index (κ2) is 15.1. The average Bonchev–Trinajstić information content (AvgIpc) is 3.55. The van der Waals surface area contributed by atoms with Crippen molar-refractivity contribution in [2.24, 2.45) is 5.92 Å². The minimum Gasteiger partial charge on any atom is -0.392 e. The van der Waals surface area contributed by atoms with Crippen LogP contribution in [-0.4, -0.2) is 59.8 Å². The molecule has 2 N–H and O–H groups in total. The average molecular weight is 622 g/mol. The molecule has 2 aliphatic rings. The number of carbonyl (C=O) groups is 1. The van der Waals surface area contributed by atoms with E-state index in [4.69, 9.17) is 14.2 Å². The molecule has 2 aliphatic heterocycles. The minimum atomic E-state index is -0.547. The van der Waals surface area contributed by atoms with E-state index in [1.807, 2.05) is 30.3 Å². The lowest BCUT2D eigenvalue weighted by molar-refractivity contribution is -0.276.